The van der Waals surface area contributed by atoms with Crippen LogP contribution >= 0.6 is 0 Å². The Morgan fingerprint density at radius 3 is 2.35 bits per heavy atom. The average Bonchev–Trinajstić information content (AvgIpc) is 2.92. The lowest BCUT2D eigenvalue weighted by molar-refractivity contribution is -0.103. The maximum Gasteiger partial charge on any atom is 0.0543 e. The molecule has 0 saturated heterocycles. The molecule has 4 fully saturated rings. The van der Waals surface area contributed by atoms with Crippen LogP contribution < -0.4 is 0 Å². The fraction of sp³-hybridized carbons (Fsp3) is 1.00. The van der Waals surface area contributed by atoms with Crippen molar-refractivity contribution in [1.82, 2.24) is 0 Å². The molecule has 0 bridgehead atoms. The molecule has 0 aromatic carbocycles. The number of hydrogen-bond acceptors (Lipinski definition) is 1. The van der Waals surface area contributed by atoms with Crippen molar-refractivity contribution in [2.75, 3.05) is 0 Å². The van der Waals surface area contributed by atoms with Crippen LogP contribution in [0.25, 0.3) is 0 Å². The van der Waals surface area contributed by atoms with E-state index in [1.165, 1.54) is 38.5 Å². The molecule has 1 heteroatoms. The number of fused-ring (bicyclic) bond motifs is 5. The van der Waals surface area contributed by atoms with Crippen molar-refractivity contribution in [1.29, 1.82) is 0 Å². The summed E-state index contributed by atoms with van der Waals surface area (Å²) in [5, 5.41) is 10.1. The summed E-state index contributed by atoms with van der Waals surface area (Å²) >= 11 is 0. The second-order valence-electron chi connectivity index (χ2n) is 8.69. The summed E-state index contributed by atoms with van der Waals surface area (Å²) in [6.07, 6.45) is 11.1. The summed E-state index contributed by atoms with van der Waals surface area (Å²) < 4.78 is 0. The number of rotatable bonds is 0. The summed E-state index contributed by atoms with van der Waals surface area (Å²) in [5.41, 5.74) is 0. The van der Waals surface area contributed by atoms with Gasteiger partial charge < -0.3 is 5.11 Å². The molecule has 1 N–H and O–H groups in total. The zero-order valence-corrected chi connectivity index (χ0v) is 13.3. The van der Waals surface area contributed by atoms with Gasteiger partial charge in [-0.05, 0) is 85.9 Å². The molecule has 0 heterocycles. The van der Waals surface area contributed by atoms with Crippen LogP contribution in [0.3, 0.4) is 0 Å². The molecule has 4 saturated carbocycles. The smallest absolute Gasteiger partial charge is 0.0543 e. The molecule has 4 rings (SSSR count). The van der Waals surface area contributed by atoms with Crippen LogP contribution in [-0.2, 0) is 0 Å². The van der Waals surface area contributed by atoms with E-state index in [2.05, 4.69) is 13.8 Å². The Bertz CT molecular complexity index is 365. The van der Waals surface area contributed by atoms with Gasteiger partial charge in [0.2, 0.25) is 0 Å². The highest BCUT2D eigenvalue weighted by Crippen LogP contribution is 2.61. The Morgan fingerprint density at radius 1 is 0.700 bits per heavy atom. The SMILES string of the molecule is CC1C(C)C2C3CCCC3CCC2C2CC[C@H](O)CC12. The van der Waals surface area contributed by atoms with E-state index in [1.54, 1.807) is 0 Å². The molecule has 8 unspecified atom stereocenters. The number of aliphatic hydroxyl groups excluding tert-OH is 1. The summed E-state index contributed by atoms with van der Waals surface area (Å²) in [6.45, 7) is 5.06. The van der Waals surface area contributed by atoms with Crippen molar-refractivity contribution in [3.63, 3.8) is 0 Å². The van der Waals surface area contributed by atoms with E-state index in [0.717, 1.165) is 60.2 Å². The van der Waals surface area contributed by atoms with Crippen LogP contribution in [0.2, 0.25) is 0 Å². The Balaban J connectivity index is 1.63. The summed E-state index contributed by atoms with van der Waals surface area (Å²) in [6, 6.07) is 0. The van der Waals surface area contributed by atoms with Gasteiger partial charge in [-0.2, -0.15) is 0 Å². The van der Waals surface area contributed by atoms with E-state index >= 15 is 0 Å². The molecule has 0 amide bonds. The van der Waals surface area contributed by atoms with Crippen molar-refractivity contribution >= 4 is 0 Å². The van der Waals surface area contributed by atoms with Crippen LogP contribution in [-0.4, -0.2) is 11.2 Å². The molecule has 0 aromatic heterocycles. The molecule has 9 atom stereocenters. The third-order valence-electron chi connectivity index (χ3n) is 8.17. The van der Waals surface area contributed by atoms with Gasteiger partial charge in [0.1, 0.15) is 0 Å². The Labute approximate surface area is 124 Å². The monoisotopic (exact) mass is 276 g/mol. The lowest BCUT2D eigenvalue weighted by atomic mass is 9.48. The van der Waals surface area contributed by atoms with E-state index in [0.29, 0.717) is 0 Å². The van der Waals surface area contributed by atoms with Gasteiger partial charge in [-0.25, -0.2) is 0 Å². The van der Waals surface area contributed by atoms with Crippen LogP contribution in [0.4, 0.5) is 0 Å². The first-order valence-electron chi connectivity index (χ1n) is 9.35. The highest BCUT2D eigenvalue weighted by atomic mass is 16.3. The van der Waals surface area contributed by atoms with Crippen molar-refractivity contribution in [3.05, 3.63) is 0 Å². The first-order chi connectivity index (χ1) is 9.66. The van der Waals surface area contributed by atoms with Gasteiger partial charge in [0.15, 0.2) is 0 Å². The maximum atomic E-state index is 10.1. The van der Waals surface area contributed by atoms with E-state index in [9.17, 15) is 5.11 Å². The first-order valence-corrected chi connectivity index (χ1v) is 9.35. The molecule has 0 aliphatic heterocycles. The third kappa shape index (κ3) is 1.91. The molecule has 1 nitrogen and oxygen atoms in total. The third-order valence-corrected chi connectivity index (χ3v) is 8.17. The maximum absolute atomic E-state index is 10.1. The molecule has 0 radical (unpaired) electrons. The van der Waals surface area contributed by atoms with Gasteiger partial charge in [-0.1, -0.05) is 26.7 Å². The van der Waals surface area contributed by atoms with E-state index in [4.69, 9.17) is 0 Å². The normalized spacial score (nSPS) is 58.6. The second kappa shape index (κ2) is 5.00. The fourth-order valence-electron chi connectivity index (χ4n) is 7.21. The molecular formula is C19H32O. The number of aliphatic hydroxyl groups is 1. The van der Waals surface area contributed by atoms with Crippen molar-refractivity contribution in [2.24, 2.45) is 47.3 Å². The van der Waals surface area contributed by atoms with Crippen molar-refractivity contribution in [3.8, 4) is 0 Å². The molecule has 0 spiro atoms. The Kier molecular flexibility index (Phi) is 3.41. The van der Waals surface area contributed by atoms with E-state index < -0.39 is 0 Å². The van der Waals surface area contributed by atoms with Crippen LogP contribution in [0.15, 0.2) is 0 Å². The lowest BCUT2D eigenvalue weighted by Crippen LogP contribution is -2.52. The largest absolute Gasteiger partial charge is 0.393 e. The number of hydrogen-bond donors (Lipinski definition) is 1. The standard InChI is InChI=1S/C19H32O/c1-11-12(2)19-15-5-3-4-13(15)6-8-17(19)16-9-7-14(20)10-18(11)16/h11-20H,3-10H2,1-2H3/t11?,12?,13?,14-,15?,16?,17?,18?,19?/m0/s1. The van der Waals surface area contributed by atoms with Crippen molar-refractivity contribution < 1.29 is 5.11 Å². The molecule has 0 aromatic rings. The first kappa shape index (κ1) is 13.6. The summed E-state index contributed by atoms with van der Waals surface area (Å²) in [4.78, 5) is 0. The minimum atomic E-state index is 0.00488. The van der Waals surface area contributed by atoms with E-state index in [1.807, 2.05) is 0 Å². The molecule has 4 aliphatic rings. The quantitative estimate of drug-likeness (QED) is 0.691. The molecular weight excluding hydrogens is 244 g/mol. The van der Waals surface area contributed by atoms with Gasteiger partial charge in [-0.15, -0.1) is 0 Å². The lowest BCUT2D eigenvalue weighted by Gasteiger charge is -2.57. The predicted octanol–water partition coefficient (Wildman–Crippen LogP) is 4.49. The van der Waals surface area contributed by atoms with Gasteiger partial charge in [-0.3, -0.25) is 0 Å². The van der Waals surface area contributed by atoms with Gasteiger partial charge >= 0.3 is 0 Å². The summed E-state index contributed by atoms with van der Waals surface area (Å²) in [5.74, 6) is 7.72. The Morgan fingerprint density at radius 2 is 1.50 bits per heavy atom. The van der Waals surface area contributed by atoms with Gasteiger partial charge in [0.05, 0.1) is 6.10 Å². The molecule has 4 aliphatic carbocycles. The zero-order valence-electron chi connectivity index (χ0n) is 13.3. The van der Waals surface area contributed by atoms with Crippen LogP contribution in [0, 0.1) is 47.3 Å². The van der Waals surface area contributed by atoms with Gasteiger partial charge in [0.25, 0.3) is 0 Å². The zero-order chi connectivity index (χ0) is 13.9. The Hall–Kier alpha value is -0.0400. The van der Waals surface area contributed by atoms with Crippen LogP contribution in [0.1, 0.15) is 65.2 Å². The summed E-state index contributed by atoms with van der Waals surface area (Å²) in [7, 11) is 0. The highest BCUT2D eigenvalue weighted by Gasteiger charge is 2.54. The average molecular weight is 276 g/mol. The highest BCUT2D eigenvalue weighted by molar-refractivity contribution is 5.03. The molecule has 114 valence electrons. The van der Waals surface area contributed by atoms with E-state index in [-0.39, 0.29) is 6.10 Å². The van der Waals surface area contributed by atoms with Gasteiger partial charge in [0, 0.05) is 0 Å². The van der Waals surface area contributed by atoms with Crippen LogP contribution in [0.5, 0.6) is 0 Å². The fourth-order valence-corrected chi connectivity index (χ4v) is 7.21. The van der Waals surface area contributed by atoms with Crippen molar-refractivity contribution in [2.45, 2.75) is 71.3 Å². The second-order valence-corrected chi connectivity index (χ2v) is 8.69. The minimum Gasteiger partial charge on any atom is -0.393 e. The predicted molar refractivity (Wildman–Crippen MR) is 82.2 cm³/mol. The molecule has 20 heavy (non-hydrogen) atoms. The minimum absolute atomic E-state index is 0.00488. The topological polar surface area (TPSA) is 20.2 Å².